The van der Waals surface area contributed by atoms with Gasteiger partial charge in [0.15, 0.2) is 0 Å². The second-order valence-electron chi connectivity index (χ2n) is 4.93. The fourth-order valence-electron chi connectivity index (χ4n) is 1.94. The molecule has 0 saturated carbocycles. The summed E-state index contributed by atoms with van der Waals surface area (Å²) in [5, 5.41) is 19.2. The van der Waals surface area contributed by atoms with E-state index in [-0.39, 0.29) is 6.61 Å². The van der Waals surface area contributed by atoms with E-state index in [0.29, 0.717) is 12.4 Å². The SMILES string of the molecule is CC(C)(O)c1nc(-c2ccc(Br)cc2)cn1CCO. The van der Waals surface area contributed by atoms with Gasteiger partial charge in [0.1, 0.15) is 11.4 Å². The second-order valence-corrected chi connectivity index (χ2v) is 5.85. The van der Waals surface area contributed by atoms with Crippen LogP contribution in [0.1, 0.15) is 19.7 Å². The molecule has 0 aliphatic heterocycles. The van der Waals surface area contributed by atoms with E-state index < -0.39 is 5.60 Å². The molecule has 4 nitrogen and oxygen atoms in total. The summed E-state index contributed by atoms with van der Waals surface area (Å²) < 4.78 is 2.80. The highest BCUT2D eigenvalue weighted by Gasteiger charge is 2.23. The monoisotopic (exact) mass is 324 g/mol. The highest BCUT2D eigenvalue weighted by atomic mass is 79.9. The fourth-order valence-corrected chi connectivity index (χ4v) is 2.21. The van der Waals surface area contributed by atoms with E-state index >= 15 is 0 Å². The summed E-state index contributed by atoms with van der Waals surface area (Å²) in [5.41, 5.74) is 0.728. The zero-order valence-electron chi connectivity index (χ0n) is 11.0. The van der Waals surface area contributed by atoms with E-state index in [1.807, 2.05) is 30.5 Å². The Hall–Kier alpha value is -1.17. The predicted molar refractivity (Wildman–Crippen MR) is 77.7 cm³/mol. The van der Waals surface area contributed by atoms with Crippen LogP contribution in [0.3, 0.4) is 0 Å². The van der Waals surface area contributed by atoms with E-state index in [2.05, 4.69) is 20.9 Å². The summed E-state index contributed by atoms with van der Waals surface area (Å²) in [7, 11) is 0. The highest BCUT2D eigenvalue weighted by molar-refractivity contribution is 9.10. The maximum atomic E-state index is 10.1. The Kier molecular flexibility index (Phi) is 4.08. The van der Waals surface area contributed by atoms with Crippen LogP contribution in [0.2, 0.25) is 0 Å². The molecule has 19 heavy (non-hydrogen) atoms. The molecule has 2 aromatic rings. The molecule has 1 aromatic carbocycles. The minimum atomic E-state index is -1.04. The molecule has 1 heterocycles. The summed E-state index contributed by atoms with van der Waals surface area (Å²) in [4.78, 5) is 4.49. The standard InChI is InChI=1S/C14H17BrN2O2/c1-14(2,19)13-16-12(9-17(13)7-8-18)10-3-5-11(15)6-4-10/h3-6,9,18-19H,7-8H2,1-2H3. The van der Waals surface area contributed by atoms with Crippen LogP contribution in [-0.4, -0.2) is 26.4 Å². The minimum absolute atomic E-state index is 0.0131. The van der Waals surface area contributed by atoms with Gasteiger partial charge in [-0.05, 0) is 26.0 Å². The Balaban J connectivity index is 2.45. The maximum Gasteiger partial charge on any atom is 0.141 e. The Bertz CT molecular complexity index is 556. The van der Waals surface area contributed by atoms with Gasteiger partial charge < -0.3 is 14.8 Å². The van der Waals surface area contributed by atoms with Crippen molar-refractivity contribution in [3.63, 3.8) is 0 Å². The van der Waals surface area contributed by atoms with Crippen LogP contribution in [0.4, 0.5) is 0 Å². The smallest absolute Gasteiger partial charge is 0.141 e. The van der Waals surface area contributed by atoms with Crippen LogP contribution in [0.5, 0.6) is 0 Å². The first-order chi connectivity index (χ1) is 8.91. The van der Waals surface area contributed by atoms with Crippen molar-refractivity contribution in [1.29, 1.82) is 0 Å². The van der Waals surface area contributed by atoms with Gasteiger partial charge >= 0.3 is 0 Å². The van der Waals surface area contributed by atoms with Gasteiger partial charge in [0.2, 0.25) is 0 Å². The van der Waals surface area contributed by atoms with Crippen molar-refractivity contribution in [3.05, 3.63) is 40.8 Å². The highest BCUT2D eigenvalue weighted by Crippen LogP contribution is 2.25. The molecule has 102 valence electrons. The molecule has 0 unspecified atom stereocenters. The molecule has 0 amide bonds. The third-order valence-electron chi connectivity index (χ3n) is 2.80. The van der Waals surface area contributed by atoms with Crippen molar-refractivity contribution < 1.29 is 10.2 Å². The van der Waals surface area contributed by atoms with E-state index in [1.165, 1.54) is 0 Å². The molecule has 0 aliphatic carbocycles. The molecule has 0 bridgehead atoms. The first-order valence-corrected chi connectivity index (χ1v) is 6.88. The van der Waals surface area contributed by atoms with Gasteiger partial charge in [-0.25, -0.2) is 4.98 Å². The van der Waals surface area contributed by atoms with Gasteiger partial charge in [-0.3, -0.25) is 0 Å². The molecule has 0 aliphatic rings. The Labute approximate surface area is 120 Å². The van der Waals surface area contributed by atoms with E-state index in [1.54, 1.807) is 18.4 Å². The lowest BCUT2D eigenvalue weighted by atomic mass is 10.1. The molecule has 0 radical (unpaired) electrons. The average molecular weight is 325 g/mol. The van der Waals surface area contributed by atoms with Gasteiger partial charge in [-0.1, -0.05) is 28.1 Å². The summed E-state index contributed by atoms with van der Waals surface area (Å²) in [6, 6.07) is 7.82. The number of aromatic nitrogens is 2. The largest absolute Gasteiger partial charge is 0.395 e. The van der Waals surface area contributed by atoms with Gasteiger partial charge in [0.05, 0.1) is 12.3 Å². The number of aliphatic hydroxyl groups is 2. The van der Waals surface area contributed by atoms with Crippen LogP contribution in [0.25, 0.3) is 11.3 Å². The van der Waals surface area contributed by atoms with Crippen LogP contribution in [-0.2, 0) is 12.1 Å². The van der Waals surface area contributed by atoms with E-state index in [0.717, 1.165) is 15.7 Å². The lowest BCUT2D eigenvalue weighted by Gasteiger charge is -2.17. The van der Waals surface area contributed by atoms with E-state index in [9.17, 15) is 5.11 Å². The fraction of sp³-hybridized carbons (Fsp3) is 0.357. The molecule has 2 N–H and O–H groups in total. The Morgan fingerprint density at radius 1 is 1.26 bits per heavy atom. The minimum Gasteiger partial charge on any atom is -0.395 e. The third kappa shape index (κ3) is 3.23. The number of imidazole rings is 1. The number of hydrogen-bond donors (Lipinski definition) is 2. The molecule has 5 heteroatoms. The van der Waals surface area contributed by atoms with Crippen LogP contribution in [0.15, 0.2) is 34.9 Å². The first kappa shape index (κ1) is 14.2. The first-order valence-electron chi connectivity index (χ1n) is 6.08. The molecule has 0 fully saturated rings. The number of hydrogen-bond acceptors (Lipinski definition) is 3. The Morgan fingerprint density at radius 3 is 2.42 bits per heavy atom. The summed E-state index contributed by atoms with van der Waals surface area (Å²) in [5.74, 6) is 0.555. The van der Waals surface area contributed by atoms with Crippen molar-refractivity contribution in [2.24, 2.45) is 0 Å². The van der Waals surface area contributed by atoms with Gasteiger partial charge in [0, 0.05) is 22.8 Å². The summed E-state index contributed by atoms with van der Waals surface area (Å²) >= 11 is 3.40. The quantitative estimate of drug-likeness (QED) is 0.908. The number of aliphatic hydroxyl groups excluding tert-OH is 1. The number of nitrogens with zero attached hydrogens (tertiary/aromatic N) is 2. The molecule has 0 atom stereocenters. The molecule has 0 spiro atoms. The molecule has 0 saturated heterocycles. The molecular formula is C14H17BrN2O2. The van der Waals surface area contributed by atoms with Crippen LogP contribution >= 0.6 is 15.9 Å². The average Bonchev–Trinajstić information content (AvgIpc) is 2.74. The van der Waals surface area contributed by atoms with Gasteiger partial charge in [0.25, 0.3) is 0 Å². The molecule has 1 aromatic heterocycles. The Morgan fingerprint density at radius 2 is 1.89 bits per heavy atom. The topological polar surface area (TPSA) is 58.3 Å². The van der Waals surface area contributed by atoms with Crippen molar-refractivity contribution in [3.8, 4) is 11.3 Å². The van der Waals surface area contributed by atoms with E-state index in [4.69, 9.17) is 5.11 Å². The van der Waals surface area contributed by atoms with Crippen LogP contribution < -0.4 is 0 Å². The zero-order valence-corrected chi connectivity index (χ0v) is 12.6. The van der Waals surface area contributed by atoms with Crippen molar-refractivity contribution >= 4 is 15.9 Å². The lowest BCUT2D eigenvalue weighted by molar-refractivity contribution is 0.0637. The summed E-state index contributed by atoms with van der Waals surface area (Å²) in [6.45, 7) is 3.81. The van der Waals surface area contributed by atoms with Crippen molar-refractivity contribution in [2.75, 3.05) is 6.61 Å². The maximum absolute atomic E-state index is 10.1. The molecular weight excluding hydrogens is 308 g/mol. The van der Waals surface area contributed by atoms with Crippen LogP contribution in [0, 0.1) is 0 Å². The van der Waals surface area contributed by atoms with Crippen molar-refractivity contribution in [2.45, 2.75) is 26.0 Å². The number of rotatable bonds is 4. The normalized spacial score (nSPS) is 11.8. The predicted octanol–water partition coefficient (Wildman–Crippen LogP) is 2.53. The lowest BCUT2D eigenvalue weighted by Crippen LogP contribution is -2.22. The van der Waals surface area contributed by atoms with Crippen molar-refractivity contribution in [1.82, 2.24) is 9.55 Å². The second kappa shape index (κ2) is 5.45. The zero-order chi connectivity index (χ0) is 14.0. The number of halogens is 1. The summed E-state index contributed by atoms with van der Waals surface area (Å²) in [6.07, 6.45) is 1.85. The third-order valence-corrected chi connectivity index (χ3v) is 3.33. The number of benzene rings is 1. The van der Waals surface area contributed by atoms with Gasteiger partial charge in [-0.2, -0.15) is 0 Å². The molecule has 2 rings (SSSR count). The van der Waals surface area contributed by atoms with Gasteiger partial charge in [-0.15, -0.1) is 0 Å².